The quantitative estimate of drug-likeness (QED) is 0.603. The predicted molar refractivity (Wildman–Crippen MR) is 96.0 cm³/mol. The van der Waals surface area contributed by atoms with Crippen molar-refractivity contribution in [2.75, 3.05) is 14.2 Å². The van der Waals surface area contributed by atoms with Crippen molar-refractivity contribution in [2.45, 2.75) is 13.3 Å². The molecule has 0 unspecified atom stereocenters. The van der Waals surface area contributed by atoms with Gasteiger partial charge in [-0.05, 0) is 18.6 Å². The highest BCUT2D eigenvalue weighted by Gasteiger charge is 2.12. The highest BCUT2D eigenvalue weighted by Crippen LogP contribution is 2.30. The lowest BCUT2D eigenvalue weighted by Gasteiger charge is -2.09. The van der Waals surface area contributed by atoms with Gasteiger partial charge in [0.25, 0.3) is 5.56 Å². The maximum absolute atomic E-state index is 12.4. The molecule has 4 aromatic rings. The molecule has 3 aromatic heterocycles. The smallest absolute Gasteiger partial charge is 0.258 e. The number of nitrogens with zero attached hydrogens (tertiary/aromatic N) is 4. The molecule has 0 amide bonds. The summed E-state index contributed by atoms with van der Waals surface area (Å²) >= 11 is 0. The molecular weight excluding hydrogens is 334 g/mol. The number of benzene rings is 1. The normalized spacial score (nSPS) is 11.2. The number of H-pyrrole nitrogens is 1. The Labute approximate surface area is 148 Å². The summed E-state index contributed by atoms with van der Waals surface area (Å²) in [7, 11) is 3.07. The van der Waals surface area contributed by atoms with Gasteiger partial charge in [-0.2, -0.15) is 0 Å². The molecule has 26 heavy (non-hydrogen) atoms. The number of hydrogen-bond donors (Lipinski definition) is 1. The second-order valence-corrected chi connectivity index (χ2v) is 5.98. The van der Waals surface area contributed by atoms with Crippen molar-refractivity contribution in [1.82, 2.24) is 24.3 Å². The minimum Gasteiger partial charge on any atom is -0.493 e. The Morgan fingerprint density at radius 1 is 1.12 bits per heavy atom. The van der Waals surface area contributed by atoms with Crippen molar-refractivity contribution in [3.05, 3.63) is 58.2 Å². The average Bonchev–Trinajstić information content (AvgIpc) is 3.01. The fraction of sp³-hybridized carbons (Fsp3) is 0.222. The van der Waals surface area contributed by atoms with Crippen LogP contribution in [-0.2, 0) is 6.42 Å². The van der Waals surface area contributed by atoms with Crippen molar-refractivity contribution in [1.29, 1.82) is 0 Å². The maximum atomic E-state index is 12.4. The topological polar surface area (TPSA) is 94.4 Å². The number of ether oxygens (including phenoxy) is 2. The van der Waals surface area contributed by atoms with Crippen molar-refractivity contribution in [3.8, 4) is 11.5 Å². The second kappa shape index (κ2) is 6.14. The molecular formula is C18H17N5O3. The number of methoxy groups -OCH3 is 2. The van der Waals surface area contributed by atoms with Crippen LogP contribution in [0.5, 0.6) is 11.5 Å². The molecule has 0 saturated heterocycles. The van der Waals surface area contributed by atoms with Gasteiger partial charge in [0.05, 0.1) is 30.8 Å². The van der Waals surface area contributed by atoms with E-state index in [0.717, 1.165) is 11.3 Å². The molecule has 4 rings (SSSR count). The van der Waals surface area contributed by atoms with Crippen LogP contribution in [0, 0.1) is 6.92 Å². The van der Waals surface area contributed by atoms with Gasteiger partial charge in [-0.1, -0.05) is 0 Å². The highest BCUT2D eigenvalue weighted by atomic mass is 16.5. The Kier molecular flexibility index (Phi) is 3.80. The molecule has 1 aromatic carbocycles. The van der Waals surface area contributed by atoms with Gasteiger partial charge >= 0.3 is 0 Å². The van der Waals surface area contributed by atoms with Crippen molar-refractivity contribution in [2.24, 2.45) is 0 Å². The number of nitrogens with one attached hydrogen (secondary N) is 1. The van der Waals surface area contributed by atoms with E-state index in [9.17, 15) is 4.79 Å². The Bertz CT molecular complexity index is 1180. The number of aromatic nitrogens is 5. The number of fused-ring (bicyclic) bond motifs is 2. The monoisotopic (exact) mass is 351 g/mol. The average molecular weight is 351 g/mol. The molecule has 0 atom stereocenters. The Morgan fingerprint density at radius 2 is 1.88 bits per heavy atom. The summed E-state index contributed by atoms with van der Waals surface area (Å²) in [6.07, 6.45) is 5.99. The first-order chi connectivity index (χ1) is 12.6. The van der Waals surface area contributed by atoms with Gasteiger partial charge in [-0.3, -0.25) is 9.20 Å². The molecule has 0 fully saturated rings. The van der Waals surface area contributed by atoms with Gasteiger partial charge < -0.3 is 14.5 Å². The highest BCUT2D eigenvalue weighted by molar-refractivity contribution is 5.81. The summed E-state index contributed by atoms with van der Waals surface area (Å²) in [4.78, 5) is 28.5. The van der Waals surface area contributed by atoms with Crippen LogP contribution in [0.15, 0.2) is 35.5 Å². The molecule has 0 radical (unpaired) electrons. The molecule has 0 bridgehead atoms. The number of aryl methyl sites for hydroxylation is 1. The zero-order valence-corrected chi connectivity index (χ0v) is 14.6. The number of rotatable bonds is 4. The van der Waals surface area contributed by atoms with Crippen LogP contribution in [0.4, 0.5) is 0 Å². The Morgan fingerprint density at radius 3 is 2.65 bits per heavy atom. The summed E-state index contributed by atoms with van der Waals surface area (Å²) < 4.78 is 12.4. The molecule has 1 N–H and O–H groups in total. The second-order valence-electron chi connectivity index (χ2n) is 5.98. The third-order valence-electron chi connectivity index (χ3n) is 4.10. The fourth-order valence-corrected chi connectivity index (χ4v) is 2.89. The lowest BCUT2D eigenvalue weighted by Crippen LogP contribution is -2.12. The van der Waals surface area contributed by atoms with Gasteiger partial charge in [0.1, 0.15) is 5.82 Å². The minimum atomic E-state index is -0.233. The third kappa shape index (κ3) is 2.75. The molecule has 3 heterocycles. The molecule has 132 valence electrons. The SMILES string of the molecule is COc1cc2nc(Cc3cn4cc(C)cnc4n3)[nH]c(=O)c2cc1OC. The lowest BCUT2D eigenvalue weighted by atomic mass is 10.2. The molecule has 8 nitrogen and oxygen atoms in total. The third-order valence-corrected chi connectivity index (χ3v) is 4.10. The minimum absolute atomic E-state index is 0.233. The Hall–Kier alpha value is -3.42. The van der Waals surface area contributed by atoms with Gasteiger partial charge in [0, 0.05) is 31.1 Å². The van der Waals surface area contributed by atoms with E-state index in [4.69, 9.17) is 9.47 Å². The van der Waals surface area contributed by atoms with Gasteiger partial charge in [0.2, 0.25) is 5.78 Å². The molecule has 0 aliphatic rings. The van der Waals surface area contributed by atoms with E-state index in [1.165, 1.54) is 7.11 Å². The van der Waals surface area contributed by atoms with Gasteiger partial charge in [0.15, 0.2) is 11.5 Å². The van der Waals surface area contributed by atoms with Crippen molar-refractivity contribution in [3.63, 3.8) is 0 Å². The number of hydrogen-bond acceptors (Lipinski definition) is 6. The van der Waals surface area contributed by atoms with Gasteiger partial charge in [-0.15, -0.1) is 0 Å². The lowest BCUT2D eigenvalue weighted by molar-refractivity contribution is 0.355. The summed E-state index contributed by atoms with van der Waals surface area (Å²) in [5, 5.41) is 0.443. The van der Waals surface area contributed by atoms with Crippen LogP contribution in [0.2, 0.25) is 0 Å². The van der Waals surface area contributed by atoms with Crippen LogP contribution < -0.4 is 15.0 Å². The molecule has 0 spiro atoms. The van der Waals surface area contributed by atoms with E-state index in [2.05, 4.69) is 19.9 Å². The van der Waals surface area contributed by atoms with E-state index >= 15 is 0 Å². The first-order valence-electron chi connectivity index (χ1n) is 8.02. The predicted octanol–water partition coefficient (Wildman–Crippen LogP) is 1.88. The standard InChI is InChI=1S/C18H17N5O3/c1-10-7-19-18-20-11(9-23(18)8-10)4-16-21-13-6-15(26-3)14(25-2)5-12(13)17(24)22-16/h5-9H,4H2,1-3H3,(H,21,22,24). The first-order valence-corrected chi connectivity index (χ1v) is 8.02. The first kappa shape index (κ1) is 16.1. The zero-order valence-electron chi connectivity index (χ0n) is 14.6. The van der Waals surface area contributed by atoms with E-state index in [1.54, 1.807) is 25.4 Å². The van der Waals surface area contributed by atoms with Crippen LogP contribution in [-0.4, -0.2) is 38.6 Å². The van der Waals surface area contributed by atoms with E-state index in [0.29, 0.717) is 40.4 Å². The van der Waals surface area contributed by atoms with Crippen LogP contribution in [0.3, 0.4) is 0 Å². The van der Waals surface area contributed by atoms with Crippen LogP contribution in [0.1, 0.15) is 17.1 Å². The largest absolute Gasteiger partial charge is 0.493 e. The Balaban J connectivity index is 1.77. The van der Waals surface area contributed by atoms with E-state index < -0.39 is 0 Å². The number of aromatic amines is 1. The maximum Gasteiger partial charge on any atom is 0.258 e. The van der Waals surface area contributed by atoms with Crippen LogP contribution in [0.25, 0.3) is 16.7 Å². The number of imidazole rings is 1. The molecule has 0 aliphatic heterocycles. The molecule has 8 heteroatoms. The summed E-state index contributed by atoms with van der Waals surface area (Å²) in [5.41, 5.74) is 2.12. The summed E-state index contributed by atoms with van der Waals surface area (Å²) in [6, 6.07) is 3.32. The van der Waals surface area contributed by atoms with E-state index in [-0.39, 0.29) is 5.56 Å². The van der Waals surface area contributed by atoms with Crippen molar-refractivity contribution < 1.29 is 9.47 Å². The van der Waals surface area contributed by atoms with Crippen molar-refractivity contribution >= 4 is 16.7 Å². The summed E-state index contributed by atoms with van der Waals surface area (Å²) in [5.74, 6) is 2.15. The molecule has 0 saturated carbocycles. The zero-order chi connectivity index (χ0) is 18.3. The summed E-state index contributed by atoms with van der Waals surface area (Å²) in [6.45, 7) is 1.97. The van der Waals surface area contributed by atoms with Gasteiger partial charge in [-0.25, -0.2) is 15.0 Å². The molecule has 0 aliphatic carbocycles. The van der Waals surface area contributed by atoms with E-state index in [1.807, 2.05) is 23.7 Å². The fourth-order valence-electron chi connectivity index (χ4n) is 2.89. The van der Waals surface area contributed by atoms with Crippen LogP contribution >= 0.6 is 0 Å².